The van der Waals surface area contributed by atoms with Gasteiger partial charge in [0.25, 0.3) is 0 Å². The smallest absolute Gasteiger partial charge is 0.205 e. The van der Waals surface area contributed by atoms with Crippen molar-refractivity contribution in [3.63, 3.8) is 0 Å². The lowest BCUT2D eigenvalue weighted by molar-refractivity contribution is 0.345. The summed E-state index contributed by atoms with van der Waals surface area (Å²) in [5, 5.41) is 36.6. The summed E-state index contributed by atoms with van der Waals surface area (Å²) < 4.78 is 53.8. The first-order chi connectivity index (χ1) is 9.25. The van der Waals surface area contributed by atoms with Gasteiger partial charge in [0.15, 0.2) is 34.7 Å². The van der Waals surface area contributed by atoms with E-state index in [2.05, 4.69) is 0 Å². The Bertz CT molecular complexity index is 686. The van der Waals surface area contributed by atoms with Crippen LogP contribution in [0.2, 0.25) is 0 Å². The molecule has 8 heteroatoms. The van der Waals surface area contributed by atoms with Crippen molar-refractivity contribution in [1.82, 2.24) is 0 Å². The summed E-state index contributed by atoms with van der Waals surface area (Å²) in [6.07, 6.45) is 0. The average molecular weight is 290 g/mol. The molecule has 0 aliphatic carbocycles. The molecule has 0 atom stereocenters. The molecule has 4 N–H and O–H groups in total. The zero-order chi connectivity index (χ0) is 15.2. The van der Waals surface area contributed by atoms with E-state index in [0.29, 0.717) is 12.1 Å². The second-order valence-corrected chi connectivity index (χ2v) is 3.84. The maximum Gasteiger partial charge on any atom is 0.205 e. The van der Waals surface area contributed by atoms with Gasteiger partial charge in [0, 0.05) is 11.6 Å². The summed E-state index contributed by atoms with van der Waals surface area (Å²) >= 11 is 0. The molecular formula is C12H6F4O4. The van der Waals surface area contributed by atoms with Gasteiger partial charge in [-0.3, -0.25) is 0 Å². The summed E-state index contributed by atoms with van der Waals surface area (Å²) in [7, 11) is 0. The number of aromatic hydroxyl groups is 4. The summed E-state index contributed by atoms with van der Waals surface area (Å²) in [4.78, 5) is 0. The van der Waals surface area contributed by atoms with Crippen molar-refractivity contribution in [2.75, 3.05) is 0 Å². The molecule has 0 radical (unpaired) electrons. The minimum absolute atomic E-state index is 0.464. The van der Waals surface area contributed by atoms with Crippen molar-refractivity contribution in [2.24, 2.45) is 0 Å². The van der Waals surface area contributed by atoms with Crippen LogP contribution in [0.5, 0.6) is 23.0 Å². The van der Waals surface area contributed by atoms with Crippen molar-refractivity contribution in [2.45, 2.75) is 0 Å². The fourth-order valence-electron chi connectivity index (χ4n) is 1.65. The lowest BCUT2D eigenvalue weighted by Gasteiger charge is -2.11. The van der Waals surface area contributed by atoms with Gasteiger partial charge in [-0.15, -0.1) is 0 Å². The zero-order valence-electron chi connectivity index (χ0n) is 9.46. The van der Waals surface area contributed by atoms with Crippen LogP contribution in [0.15, 0.2) is 12.1 Å². The Balaban J connectivity index is 2.91. The molecule has 0 unspecified atom stereocenters. The first kappa shape index (κ1) is 13.8. The van der Waals surface area contributed by atoms with Crippen LogP contribution in [0.1, 0.15) is 0 Å². The van der Waals surface area contributed by atoms with Gasteiger partial charge >= 0.3 is 0 Å². The van der Waals surface area contributed by atoms with E-state index in [1.54, 1.807) is 0 Å². The van der Waals surface area contributed by atoms with Crippen LogP contribution in [0.25, 0.3) is 11.1 Å². The maximum absolute atomic E-state index is 13.7. The number of hydrogen-bond acceptors (Lipinski definition) is 4. The molecule has 20 heavy (non-hydrogen) atoms. The van der Waals surface area contributed by atoms with Gasteiger partial charge in [-0.1, -0.05) is 0 Å². The summed E-state index contributed by atoms with van der Waals surface area (Å²) in [6.45, 7) is 0. The van der Waals surface area contributed by atoms with Crippen molar-refractivity contribution in [1.29, 1.82) is 0 Å². The van der Waals surface area contributed by atoms with Crippen molar-refractivity contribution in [3.05, 3.63) is 35.4 Å². The first-order valence-electron chi connectivity index (χ1n) is 5.06. The molecule has 0 spiro atoms. The highest BCUT2D eigenvalue weighted by Crippen LogP contribution is 2.44. The number of benzene rings is 2. The molecule has 2 aromatic carbocycles. The van der Waals surface area contributed by atoms with Crippen LogP contribution in [0, 0.1) is 23.3 Å². The standard InChI is InChI=1S/C12H6F4O4/c13-5-2-3(17)1-4(10(5)18)6-7(14)9(16)12(20)11(19)8(6)15/h1-2,17-20H. The van der Waals surface area contributed by atoms with Gasteiger partial charge in [0.2, 0.25) is 5.82 Å². The van der Waals surface area contributed by atoms with Gasteiger partial charge in [0.05, 0.1) is 5.56 Å². The first-order valence-corrected chi connectivity index (χ1v) is 5.06. The third-order valence-electron chi connectivity index (χ3n) is 2.59. The normalized spacial score (nSPS) is 10.8. The van der Waals surface area contributed by atoms with Crippen LogP contribution in [-0.2, 0) is 0 Å². The number of rotatable bonds is 1. The Morgan fingerprint density at radius 1 is 0.650 bits per heavy atom. The predicted molar refractivity (Wildman–Crippen MR) is 58.4 cm³/mol. The minimum Gasteiger partial charge on any atom is -0.508 e. The van der Waals surface area contributed by atoms with E-state index in [9.17, 15) is 22.7 Å². The van der Waals surface area contributed by atoms with E-state index in [0.717, 1.165) is 0 Å². The van der Waals surface area contributed by atoms with Gasteiger partial charge in [-0.2, -0.15) is 4.39 Å². The molecule has 0 aliphatic rings. The molecule has 0 heterocycles. The highest BCUT2D eigenvalue weighted by atomic mass is 19.2. The Labute approximate surface area is 108 Å². The maximum atomic E-state index is 13.7. The molecular weight excluding hydrogens is 284 g/mol. The number of phenolic OH excluding ortho intramolecular Hbond substituents is 4. The Hall–Kier alpha value is -2.64. The molecule has 4 nitrogen and oxygen atoms in total. The lowest BCUT2D eigenvalue weighted by atomic mass is 10.0. The zero-order valence-corrected chi connectivity index (χ0v) is 9.46. The molecule has 0 saturated carbocycles. The van der Waals surface area contributed by atoms with Gasteiger partial charge in [-0.25, -0.2) is 13.2 Å². The number of hydrogen-bond donors (Lipinski definition) is 4. The van der Waals surface area contributed by atoms with E-state index in [-0.39, 0.29) is 0 Å². The monoisotopic (exact) mass is 290 g/mol. The lowest BCUT2D eigenvalue weighted by Crippen LogP contribution is -1.97. The molecule has 0 amide bonds. The Kier molecular flexibility index (Phi) is 3.09. The Morgan fingerprint density at radius 3 is 1.80 bits per heavy atom. The summed E-state index contributed by atoms with van der Waals surface area (Å²) in [6, 6.07) is 1.03. The van der Waals surface area contributed by atoms with Crippen LogP contribution in [0.3, 0.4) is 0 Å². The minimum atomic E-state index is -1.98. The largest absolute Gasteiger partial charge is 0.508 e. The van der Waals surface area contributed by atoms with Crippen molar-refractivity contribution < 1.29 is 38.0 Å². The molecule has 2 rings (SSSR count). The fourth-order valence-corrected chi connectivity index (χ4v) is 1.65. The van der Waals surface area contributed by atoms with E-state index in [1.165, 1.54) is 0 Å². The fraction of sp³-hybridized carbons (Fsp3) is 0. The SMILES string of the molecule is Oc1cc(F)c(O)c(-c2c(F)c(O)c(O)c(F)c2F)c1. The third kappa shape index (κ3) is 1.85. The molecule has 0 aliphatic heterocycles. The predicted octanol–water partition coefficient (Wildman–Crippen LogP) is 2.73. The van der Waals surface area contributed by atoms with E-state index < -0.39 is 57.4 Å². The molecule has 2 aromatic rings. The highest BCUT2D eigenvalue weighted by molar-refractivity contribution is 5.75. The summed E-state index contributed by atoms with van der Waals surface area (Å²) in [5.74, 6) is -12.5. The van der Waals surface area contributed by atoms with Gasteiger partial charge in [0.1, 0.15) is 5.75 Å². The second kappa shape index (κ2) is 4.48. The van der Waals surface area contributed by atoms with Gasteiger partial charge in [-0.05, 0) is 6.07 Å². The molecule has 0 aromatic heterocycles. The topological polar surface area (TPSA) is 80.9 Å². The van der Waals surface area contributed by atoms with Crippen LogP contribution in [0.4, 0.5) is 17.6 Å². The third-order valence-corrected chi connectivity index (χ3v) is 2.59. The van der Waals surface area contributed by atoms with E-state index in [4.69, 9.17) is 15.3 Å². The molecule has 0 bridgehead atoms. The number of halogens is 4. The van der Waals surface area contributed by atoms with E-state index >= 15 is 0 Å². The van der Waals surface area contributed by atoms with Gasteiger partial charge < -0.3 is 20.4 Å². The van der Waals surface area contributed by atoms with E-state index in [1.807, 2.05) is 0 Å². The van der Waals surface area contributed by atoms with Crippen molar-refractivity contribution >= 4 is 0 Å². The average Bonchev–Trinajstić information content (AvgIpc) is 2.39. The van der Waals surface area contributed by atoms with Crippen molar-refractivity contribution in [3.8, 4) is 34.1 Å². The summed E-state index contributed by atoms with van der Waals surface area (Å²) in [5.41, 5.74) is -2.25. The molecule has 0 fully saturated rings. The highest BCUT2D eigenvalue weighted by Gasteiger charge is 2.28. The van der Waals surface area contributed by atoms with Crippen LogP contribution < -0.4 is 0 Å². The molecule has 106 valence electrons. The van der Waals surface area contributed by atoms with Crippen LogP contribution in [-0.4, -0.2) is 20.4 Å². The number of phenols is 4. The van der Waals surface area contributed by atoms with Crippen LogP contribution >= 0.6 is 0 Å². The Morgan fingerprint density at radius 2 is 1.20 bits per heavy atom. The molecule has 0 saturated heterocycles. The second-order valence-electron chi connectivity index (χ2n) is 3.84. The quantitative estimate of drug-likeness (QED) is 0.282.